The SMILES string of the molecule is C=C(C)C(=O)NCCCCCCN1CCCCCC1=O.C=CC(=O)NCCCCCCN1CCCCCC1=O.COC(=O)C=CC(=O)NCCN1CCCC1=O.COC(=O)C=CC(=O)OCCCCCCN1CCCC1=O.COC(=O)C=CC(=O)OCCN1CCCC1=O.O=C(O)C=CC(=O)NCCN1CCCC1=O.O=C(O)C=CC(=O)OCCCCCCN1CCCC1=O.O=C(O)C=CC(=O)OCCN1CCCC1=O. The minimum Gasteiger partial charge on any atom is -0.478 e. The molecule has 12 amide bonds. The normalized spacial score (nSPS) is 15.5. The molecular formula is C102H156N12O32. The van der Waals surface area contributed by atoms with Gasteiger partial charge in [-0.15, -0.1) is 0 Å². The van der Waals surface area contributed by atoms with Crippen LogP contribution in [0.25, 0.3) is 0 Å². The van der Waals surface area contributed by atoms with Crippen molar-refractivity contribution in [3.8, 4) is 0 Å². The maximum Gasteiger partial charge on any atom is 0.331 e. The van der Waals surface area contributed by atoms with Crippen LogP contribution in [0.3, 0.4) is 0 Å². The molecule has 816 valence electrons. The molecule has 8 heterocycles. The lowest BCUT2D eigenvalue weighted by Crippen LogP contribution is -2.34. The number of aliphatic carboxylic acids is 3. The Balaban J connectivity index is 0.000000836. The second kappa shape index (κ2) is 83.6. The third-order valence-corrected chi connectivity index (χ3v) is 22.7. The van der Waals surface area contributed by atoms with Gasteiger partial charge in [-0.25, -0.2) is 47.9 Å². The number of methoxy groups -OCH3 is 3. The lowest BCUT2D eigenvalue weighted by Gasteiger charge is -2.20. The summed E-state index contributed by atoms with van der Waals surface area (Å²) < 4.78 is 32.3. The van der Waals surface area contributed by atoms with E-state index in [9.17, 15) is 105 Å². The van der Waals surface area contributed by atoms with E-state index in [0.717, 1.165) is 312 Å². The monoisotopic (exact) mass is 2060 g/mol. The summed E-state index contributed by atoms with van der Waals surface area (Å²) in [4.78, 5) is 257. The summed E-state index contributed by atoms with van der Waals surface area (Å²) in [6.45, 7) is 23.5. The molecule has 0 spiro atoms. The summed E-state index contributed by atoms with van der Waals surface area (Å²) in [7, 11) is 3.70. The van der Waals surface area contributed by atoms with Gasteiger partial charge in [0.1, 0.15) is 13.2 Å². The van der Waals surface area contributed by atoms with Crippen molar-refractivity contribution in [1.82, 2.24) is 60.5 Å². The van der Waals surface area contributed by atoms with Gasteiger partial charge in [0.05, 0.1) is 47.6 Å². The first-order valence-electron chi connectivity index (χ1n) is 50.3. The number of carbonyl (C=O) groups excluding carboxylic acids is 19. The number of carbonyl (C=O) groups is 22. The molecule has 146 heavy (non-hydrogen) atoms. The van der Waals surface area contributed by atoms with Gasteiger partial charge in [-0.2, -0.15) is 0 Å². The van der Waals surface area contributed by atoms with E-state index in [0.29, 0.717) is 141 Å². The molecule has 0 unspecified atom stereocenters. The summed E-state index contributed by atoms with van der Waals surface area (Å²) in [6.07, 6.45) is 45.7. The summed E-state index contributed by atoms with van der Waals surface area (Å²) >= 11 is 0. The van der Waals surface area contributed by atoms with E-state index < -0.39 is 65.6 Å². The number of nitrogens with zero attached hydrogens (tertiary/aromatic N) is 8. The average Bonchev–Trinajstić information content (AvgIpc) is 1.81. The molecule has 44 heteroatoms. The second-order valence-electron chi connectivity index (χ2n) is 34.3. The van der Waals surface area contributed by atoms with Crippen LogP contribution < -0.4 is 21.3 Å². The Hall–Kier alpha value is -13.7. The van der Waals surface area contributed by atoms with Crippen molar-refractivity contribution in [3.05, 3.63) is 97.7 Å². The van der Waals surface area contributed by atoms with E-state index in [4.69, 9.17) is 34.3 Å². The van der Waals surface area contributed by atoms with Crippen molar-refractivity contribution in [2.75, 3.05) is 179 Å². The van der Waals surface area contributed by atoms with E-state index in [1.165, 1.54) is 40.2 Å². The highest BCUT2D eigenvalue weighted by Crippen LogP contribution is 2.19. The number of esters is 7. The Labute approximate surface area is 855 Å². The Morgan fingerprint density at radius 3 is 0.781 bits per heavy atom. The third kappa shape index (κ3) is 70.1. The molecule has 0 aromatic carbocycles. The first-order chi connectivity index (χ1) is 70.0. The molecule has 0 aromatic heterocycles. The highest BCUT2D eigenvalue weighted by molar-refractivity contribution is 5.97. The Bertz CT molecular complexity index is 4200. The van der Waals surface area contributed by atoms with E-state index in [1.54, 1.807) is 26.5 Å². The van der Waals surface area contributed by atoms with E-state index in [1.807, 2.05) is 19.6 Å². The zero-order valence-corrected chi connectivity index (χ0v) is 85.6. The van der Waals surface area contributed by atoms with Gasteiger partial charge in [0.25, 0.3) is 0 Å². The molecule has 8 fully saturated rings. The van der Waals surface area contributed by atoms with Crippen molar-refractivity contribution in [1.29, 1.82) is 0 Å². The molecule has 0 radical (unpaired) electrons. The number of ether oxygens (including phenoxy) is 7. The average molecular weight is 2060 g/mol. The Morgan fingerprint density at radius 2 is 0.493 bits per heavy atom. The quantitative estimate of drug-likeness (QED) is 0.0155. The summed E-state index contributed by atoms with van der Waals surface area (Å²) in [5.41, 5.74) is 0.560. The number of hydrogen-bond donors (Lipinski definition) is 7. The van der Waals surface area contributed by atoms with Gasteiger partial charge in [0.2, 0.25) is 70.9 Å². The molecule has 0 saturated carbocycles. The third-order valence-electron chi connectivity index (χ3n) is 22.7. The largest absolute Gasteiger partial charge is 0.478 e. The number of amides is 12. The van der Waals surface area contributed by atoms with Gasteiger partial charge >= 0.3 is 59.7 Å². The van der Waals surface area contributed by atoms with E-state index >= 15 is 0 Å². The van der Waals surface area contributed by atoms with Gasteiger partial charge in [-0.05, 0) is 141 Å². The fraction of sp³-hybridized carbons (Fsp3) is 0.627. The van der Waals surface area contributed by atoms with Gasteiger partial charge in [0, 0.05) is 248 Å². The summed E-state index contributed by atoms with van der Waals surface area (Å²) in [5, 5.41) is 35.5. The Morgan fingerprint density at radius 1 is 0.260 bits per heavy atom. The van der Waals surface area contributed by atoms with Crippen LogP contribution in [0.2, 0.25) is 0 Å². The molecule has 8 rings (SSSR count). The van der Waals surface area contributed by atoms with Crippen molar-refractivity contribution < 1.29 is 154 Å². The fourth-order valence-electron chi connectivity index (χ4n) is 14.8. The molecule has 7 N–H and O–H groups in total. The highest BCUT2D eigenvalue weighted by atomic mass is 16.6. The van der Waals surface area contributed by atoms with Gasteiger partial charge in [-0.1, -0.05) is 64.5 Å². The number of likely N-dealkylation sites (tertiary alicyclic amines) is 8. The van der Waals surface area contributed by atoms with Crippen molar-refractivity contribution in [3.63, 3.8) is 0 Å². The van der Waals surface area contributed by atoms with Crippen LogP contribution in [0.15, 0.2) is 97.7 Å². The van der Waals surface area contributed by atoms with Crippen LogP contribution in [0.4, 0.5) is 0 Å². The lowest BCUT2D eigenvalue weighted by molar-refractivity contribution is -0.140. The maximum absolute atomic E-state index is 11.8. The second-order valence-corrected chi connectivity index (χ2v) is 34.3. The van der Waals surface area contributed by atoms with Crippen LogP contribution in [-0.4, -0.2) is 364 Å². The summed E-state index contributed by atoms with van der Waals surface area (Å²) in [5.74, 6) is -7.23. The number of carboxylic acids is 3. The summed E-state index contributed by atoms with van der Waals surface area (Å²) in [6, 6.07) is 0. The zero-order chi connectivity index (χ0) is 108. The smallest absolute Gasteiger partial charge is 0.331 e. The topological polar surface area (TPSA) is 575 Å². The number of rotatable bonds is 54. The molecule has 8 aliphatic rings. The highest BCUT2D eigenvalue weighted by Gasteiger charge is 2.26. The van der Waals surface area contributed by atoms with E-state index in [2.05, 4.69) is 48.6 Å². The van der Waals surface area contributed by atoms with Crippen molar-refractivity contribution in [2.45, 2.75) is 238 Å². The molecule has 0 aromatic rings. The number of nitrogens with one attached hydrogen (secondary N) is 4. The number of unbranched alkanes of at least 4 members (excludes halogenated alkanes) is 12. The Kier molecular flexibility index (Phi) is 74.6. The first kappa shape index (κ1) is 130. The molecule has 8 aliphatic heterocycles. The standard InChI is InChI=1S/C16H28N2O2.C15H26N2O2.C15H23NO5.C14H21NO5.C11H16N2O4.C11H15NO5.C10H14N2O4.C10H13NO5/c1-14(2)16(20)17-11-7-3-4-8-12-18-13-9-5-6-10-15(18)19;1-2-14(18)16-11-7-3-4-8-12-17-13-9-5-6-10-15(17)19;1-20-14(18)8-9-15(19)21-12-5-3-2-4-10-16-11-6-7-13(16)17;16-12-6-5-10-15(12)9-3-1-2-4-11-20-14(19)8-7-13(17)18;1-17-11(16)5-4-9(14)12-6-8-13-7-2-3-10(13)15;1-16-10(14)4-5-11(15)17-8-7-12-6-2-3-9(12)13;13-8(3-4-10(15)16)11-5-7-12-6-1-2-9(12)14;12-8-2-1-5-11(8)6-7-16-10(15)4-3-9(13)14/h1,3-13H2,2H3,(H,17,20);2H,1,3-13H2,(H,16,18);8-9H,2-7,10-12H2,1H3;7-8H,1-6,9-11H2,(H,17,18);4-5H,2-3,6-8H2,1H3,(H,12,14);4-5H,2-3,6-8H2,1H3;3-4H,1-2,5-7H2,(H,11,13)(H,15,16);3-4H,1-2,5-7H2,(H,13,14). The molecule has 44 nitrogen and oxygen atoms in total. The van der Waals surface area contributed by atoms with Crippen molar-refractivity contribution in [2.24, 2.45) is 0 Å². The number of carboxylic acid groups (broad SMARTS) is 3. The van der Waals surface area contributed by atoms with Crippen LogP contribution in [-0.2, 0) is 139 Å². The van der Waals surface area contributed by atoms with Crippen LogP contribution in [0.1, 0.15) is 238 Å². The van der Waals surface area contributed by atoms with Gasteiger partial charge in [-0.3, -0.25) is 57.5 Å². The van der Waals surface area contributed by atoms with Gasteiger partial charge < -0.3 is 109 Å². The van der Waals surface area contributed by atoms with Crippen LogP contribution in [0.5, 0.6) is 0 Å². The number of hydrogen-bond acceptors (Lipinski definition) is 29. The fourth-order valence-corrected chi connectivity index (χ4v) is 14.8. The lowest BCUT2D eigenvalue weighted by atomic mass is 10.2. The minimum absolute atomic E-state index is 0.0554. The zero-order valence-electron chi connectivity index (χ0n) is 85.6. The van der Waals surface area contributed by atoms with Crippen molar-refractivity contribution >= 4 is 131 Å². The van der Waals surface area contributed by atoms with Crippen LogP contribution in [0, 0.1) is 0 Å². The minimum atomic E-state index is -1.20. The first-order valence-corrected chi connectivity index (χ1v) is 50.3. The molecule has 0 bridgehead atoms. The van der Waals surface area contributed by atoms with E-state index in [-0.39, 0.29) is 66.4 Å². The maximum atomic E-state index is 11.8. The predicted octanol–water partition coefficient (Wildman–Crippen LogP) is 6.18. The van der Waals surface area contributed by atoms with Crippen LogP contribution >= 0.6 is 0 Å². The molecule has 0 aliphatic carbocycles. The van der Waals surface area contributed by atoms with Gasteiger partial charge in [0.15, 0.2) is 0 Å². The molecule has 8 saturated heterocycles. The predicted molar refractivity (Wildman–Crippen MR) is 534 cm³/mol. The molecular weight excluding hydrogens is 1910 g/mol. The molecule has 0 atom stereocenters.